The maximum Gasteiger partial charge on any atom is 0.251 e. The smallest absolute Gasteiger partial charge is 0.251 e. The van der Waals surface area contributed by atoms with E-state index in [0.717, 1.165) is 28.7 Å². The van der Waals surface area contributed by atoms with Gasteiger partial charge in [0.2, 0.25) is 0 Å². The summed E-state index contributed by atoms with van der Waals surface area (Å²) in [7, 11) is 0. The Bertz CT molecular complexity index is 821. The molecule has 1 aromatic rings. The number of amides is 1. The van der Waals surface area contributed by atoms with E-state index in [4.69, 9.17) is 11.6 Å². The van der Waals surface area contributed by atoms with Crippen molar-refractivity contribution in [1.82, 2.24) is 10.2 Å². The second-order valence-electron chi connectivity index (χ2n) is 5.54. The number of aliphatic imine (C=N–C) groups is 1. The van der Waals surface area contributed by atoms with Crippen molar-refractivity contribution in [3.63, 3.8) is 0 Å². The van der Waals surface area contributed by atoms with Crippen molar-refractivity contribution in [2.24, 2.45) is 4.99 Å². The lowest BCUT2D eigenvalue weighted by Crippen LogP contribution is -2.31. The molecule has 4 nitrogen and oxygen atoms in total. The topological polar surface area (TPSA) is 44.7 Å². The second-order valence-corrected chi connectivity index (χ2v) is 5.80. The first-order valence-electron chi connectivity index (χ1n) is 7.30. The van der Waals surface area contributed by atoms with Gasteiger partial charge < -0.3 is 10.2 Å². The van der Waals surface area contributed by atoms with Crippen LogP contribution in [0.5, 0.6) is 0 Å². The van der Waals surface area contributed by atoms with Gasteiger partial charge in [-0.05, 0) is 5.56 Å². The average molecular weight is 330 g/mol. The minimum atomic E-state index is -0.556. The zero-order valence-electron chi connectivity index (χ0n) is 12.1. The van der Waals surface area contributed by atoms with E-state index in [-0.39, 0.29) is 0 Å². The number of hydrogen-bond donors (Lipinski definition) is 1. The van der Waals surface area contributed by atoms with Crippen molar-refractivity contribution in [3.8, 4) is 0 Å². The van der Waals surface area contributed by atoms with E-state index in [9.17, 15) is 9.18 Å². The minimum Gasteiger partial charge on any atom is -0.324 e. The molecule has 0 saturated carbocycles. The van der Waals surface area contributed by atoms with Crippen LogP contribution in [0.25, 0.3) is 0 Å². The molecule has 0 radical (unpaired) electrons. The van der Waals surface area contributed by atoms with E-state index in [1.807, 2.05) is 29.2 Å². The van der Waals surface area contributed by atoms with Crippen molar-refractivity contribution < 1.29 is 9.18 Å². The number of nitrogens with one attached hydrogen (secondary N) is 1. The summed E-state index contributed by atoms with van der Waals surface area (Å²) in [5, 5.41) is 2.76. The molecule has 1 N–H and O–H groups in total. The molecule has 0 atom stereocenters. The van der Waals surface area contributed by atoms with Crippen molar-refractivity contribution in [1.29, 1.82) is 0 Å². The van der Waals surface area contributed by atoms with Crippen LogP contribution >= 0.6 is 11.6 Å². The average Bonchev–Trinajstić information content (AvgIpc) is 2.92. The molecular weight excluding hydrogens is 317 g/mol. The molecule has 0 aliphatic carbocycles. The fraction of sp³-hybridized carbons (Fsp3) is 0.176. The Morgan fingerprint density at radius 1 is 1.30 bits per heavy atom. The zero-order valence-corrected chi connectivity index (χ0v) is 12.9. The first-order chi connectivity index (χ1) is 11.2. The predicted octanol–water partition coefficient (Wildman–Crippen LogP) is 2.97. The summed E-state index contributed by atoms with van der Waals surface area (Å²) in [6, 6.07) is 7.81. The van der Waals surface area contributed by atoms with Crippen molar-refractivity contribution in [2.75, 3.05) is 6.54 Å². The Labute approximate surface area is 137 Å². The Morgan fingerprint density at radius 2 is 2.09 bits per heavy atom. The molecular formula is C17H13ClFN3O. The van der Waals surface area contributed by atoms with Gasteiger partial charge in [-0.3, -0.25) is 4.79 Å². The normalized spacial score (nSPS) is 19.7. The Kier molecular flexibility index (Phi) is 3.31. The molecule has 6 heteroatoms. The molecule has 116 valence electrons. The van der Waals surface area contributed by atoms with Gasteiger partial charge >= 0.3 is 0 Å². The van der Waals surface area contributed by atoms with E-state index < -0.39 is 11.7 Å². The maximum absolute atomic E-state index is 14.2. The number of hydrogen-bond acceptors (Lipinski definition) is 3. The van der Waals surface area contributed by atoms with E-state index in [0.29, 0.717) is 30.1 Å². The molecule has 3 heterocycles. The van der Waals surface area contributed by atoms with Gasteiger partial charge in [-0.25, -0.2) is 9.38 Å². The minimum absolute atomic E-state index is 0.358. The zero-order chi connectivity index (χ0) is 16.0. The predicted molar refractivity (Wildman–Crippen MR) is 86.3 cm³/mol. The molecule has 0 saturated heterocycles. The van der Waals surface area contributed by atoms with Crippen LogP contribution in [0.2, 0.25) is 0 Å². The molecule has 3 aliphatic rings. The number of amidine groups is 1. The molecule has 0 unspecified atom stereocenters. The maximum atomic E-state index is 14.2. The highest BCUT2D eigenvalue weighted by molar-refractivity contribution is 6.17. The number of alkyl halides is 1. The molecule has 0 bridgehead atoms. The third kappa shape index (κ3) is 2.28. The highest BCUT2D eigenvalue weighted by atomic mass is 35.5. The lowest BCUT2D eigenvalue weighted by molar-refractivity contribution is -0.115. The fourth-order valence-electron chi connectivity index (χ4n) is 3.04. The lowest BCUT2D eigenvalue weighted by Gasteiger charge is -2.28. The molecule has 0 aromatic heterocycles. The van der Waals surface area contributed by atoms with E-state index in [1.54, 1.807) is 0 Å². The van der Waals surface area contributed by atoms with Crippen LogP contribution in [-0.4, -0.2) is 23.2 Å². The van der Waals surface area contributed by atoms with Gasteiger partial charge in [-0.15, -0.1) is 11.6 Å². The summed E-state index contributed by atoms with van der Waals surface area (Å²) in [5.74, 6) is 0.219. The van der Waals surface area contributed by atoms with Gasteiger partial charge in [-0.1, -0.05) is 24.3 Å². The largest absolute Gasteiger partial charge is 0.324 e. The highest BCUT2D eigenvalue weighted by Crippen LogP contribution is 2.37. The summed E-state index contributed by atoms with van der Waals surface area (Å²) in [4.78, 5) is 18.1. The molecule has 3 aliphatic heterocycles. The molecule has 23 heavy (non-hydrogen) atoms. The lowest BCUT2D eigenvalue weighted by atomic mass is 10.1. The number of rotatable bonds is 2. The number of allylic oxidation sites excluding steroid dienone is 1. The standard InChI is InChI=1S/C17H13ClFN3O/c18-8-10-1-3-11(4-2-10)17-20-9-12-13(19)7-15(23)21-14-5-6-22(17)16(12)14/h1-4,7,9H,5-6,8H2,(H,21,23). The Morgan fingerprint density at radius 3 is 2.83 bits per heavy atom. The Hall–Kier alpha value is -2.40. The van der Waals surface area contributed by atoms with Gasteiger partial charge in [0.1, 0.15) is 11.7 Å². The number of benzene rings is 1. The van der Waals surface area contributed by atoms with Crippen LogP contribution in [0.3, 0.4) is 0 Å². The monoisotopic (exact) mass is 329 g/mol. The van der Waals surface area contributed by atoms with Gasteiger partial charge in [0.05, 0.1) is 11.3 Å². The van der Waals surface area contributed by atoms with Crippen LogP contribution in [0.1, 0.15) is 17.5 Å². The molecule has 0 fully saturated rings. The van der Waals surface area contributed by atoms with E-state index >= 15 is 0 Å². The molecule has 1 amide bonds. The first-order valence-corrected chi connectivity index (χ1v) is 7.83. The van der Waals surface area contributed by atoms with Crippen molar-refractivity contribution >= 4 is 23.3 Å². The molecule has 0 spiro atoms. The summed E-state index contributed by atoms with van der Waals surface area (Å²) in [5.41, 5.74) is 3.77. The van der Waals surface area contributed by atoms with Crippen LogP contribution < -0.4 is 5.32 Å². The van der Waals surface area contributed by atoms with Crippen molar-refractivity contribution in [2.45, 2.75) is 12.3 Å². The SMILES string of the molecule is O=C1C=C(F)C2=CN=C(c3ccc(CCl)cc3)N3CCC(=C23)N1. The number of carbonyl (C=O) groups is 1. The van der Waals surface area contributed by atoms with Crippen LogP contribution in [-0.2, 0) is 10.7 Å². The summed E-state index contributed by atoms with van der Waals surface area (Å²) >= 11 is 5.82. The van der Waals surface area contributed by atoms with Crippen molar-refractivity contribution in [3.05, 3.63) is 70.5 Å². The van der Waals surface area contributed by atoms with E-state index in [2.05, 4.69) is 10.3 Å². The quantitative estimate of drug-likeness (QED) is 0.848. The van der Waals surface area contributed by atoms with Crippen LogP contribution in [0.4, 0.5) is 4.39 Å². The summed E-state index contributed by atoms with van der Waals surface area (Å²) in [6.45, 7) is 0.658. The van der Waals surface area contributed by atoms with E-state index in [1.165, 1.54) is 6.20 Å². The number of nitrogens with zero attached hydrogens (tertiary/aromatic N) is 2. The first kappa shape index (κ1) is 14.2. The molecule has 1 aromatic carbocycles. The summed E-state index contributed by atoms with van der Waals surface area (Å²) < 4.78 is 14.2. The summed E-state index contributed by atoms with van der Waals surface area (Å²) in [6.07, 6.45) is 3.12. The fourth-order valence-corrected chi connectivity index (χ4v) is 3.22. The van der Waals surface area contributed by atoms with Gasteiger partial charge in [0.15, 0.2) is 0 Å². The van der Waals surface area contributed by atoms with Gasteiger partial charge in [-0.2, -0.15) is 0 Å². The van der Waals surface area contributed by atoms with Crippen LogP contribution in [0.15, 0.2) is 64.3 Å². The van der Waals surface area contributed by atoms with Gasteiger partial charge in [0, 0.05) is 42.4 Å². The second kappa shape index (κ2) is 5.35. The molecule has 4 rings (SSSR count). The van der Waals surface area contributed by atoms with Gasteiger partial charge in [0.25, 0.3) is 5.91 Å². The number of carbonyl (C=O) groups excluding carboxylic acids is 1. The third-order valence-corrected chi connectivity index (χ3v) is 4.43. The highest BCUT2D eigenvalue weighted by Gasteiger charge is 2.35. The number of halogens is 2. The van der Waals surface area contributed by atoms with Crippen LogP contribution in [0, 0.1) is 0 Å². The Balaban J connectivity index is 1.80. The third-order valence-electron chi connectivity index (χ3n) is 4.12.